The Morgan fingerprint density at radius 1 is 0.361 bits per heavy atom. The third-order valence-electron chi connectivity index (χ3n) is 12.8. The number of allylic oxidation sites excluding steroid dienone is 30. The van der Waals surface area contributed by atoms with Crippen molar-refractivity contribution in [2.24, 2.45) is 5.73 Å². The number of hydrogen-bond donors (Lipinski definition) is 2. The summed E-state index contributed by atoms with van der Waals surface area (Å²) < 4.78 is 33.1. The summed E-state index contributed by atoms with van der Waals surface area (Å²) in [6, 6.07) is 0. The monoisotopic (exact) mass is 1170 g/mol. The Morgan fingerprint density at radius 3 is 0.940 bits per heavy atom. The number of phosphoric ester groups is 1. The Kier molecular flexibility index (Phi) is 62.3. The molecule has 0 aromatic heterocycles. The van der Waals surface area contributed by atoms with Crippen LogP contribution in [0.25, 0.3) is 0 Å². The fourth-order valence-electron chi connectivity index (χ4n) is 8.10. The van der Waals surface area contributed by atoms with Crippen molar-refractivity contribution in [3.05, 3.63) is 182 Å². The van der Waals surface area contributed by atoms with Gasteiger partial charge in [0.15, 0.2) is 6.10 Å². The molecule has 0 fully saturated rings. The quantitative estimate of drug-likeness (QED) is 0.0264. The van der Waals surface area contributed by atoms with Crippen LogP contribution in [0.4, 0.5) is 0 Å². The first-order valence-corrected chi connectivity index (χ1v) is 33.8. The van der Waals surface area contributed by atoms with Crippen LogP contribution >= 0.6 is 7.82 Å². The van der Waals surface area contributed by atoms with Gasteiger partial charge in [-0.2, -0.15) is 0 Å². The molecule has 2 unspecified atom stereocenters. The third-order valence-corrected chi connectivity index (χ3v) is 13.8. The second-order valence-electron chi connectivity index (χ2n) is 20.5. The lowest BCUT2D eigenvalue weighted by molar-refractivity contribution is -0.161. The second-order valence-corrected chi connectivity index (χ2v) is 22.0. The van der Waals surface area contributed by atoms with Gasteiger partial charge in [-0.1, -0.05) is 267 Å². The molecule has 3 N–H and O–H groups in total. The highest BCUT2D eigenvalue weighted by Crippen LogP contribution is 2.43. The van der Waals surface area contributed by atoms with Crippen LogP contribution in [-0.2, 0) is 32.7 Å². The van der Waals surface area contributed by atoms with Crippen LogP contribution in [0.15, 0.2) is 182 Å². The number of nitrogens with two attached hydrogens (primary N) is 1. The zero-order valence-corrected chi connectivity index (χ0v) is 53.0. The van der Waals surface area contributed by atoms with Gasteiger partial charge < -0.3 is 20.1 Å². The van der Waals surface area contributed by atoms with E-state index in [1.165, 1.54) is 57.8 Å². The minimum absolute atomic E-state index is 0.0373. The van der Waals surface area contributed by atoms with E-state index in [2.05, 4.69) is 196 Å². The molecule has 0 saturated carbocycles. The number of carbonyl (C=O) groups excluding carboxylic acids is 2. The molecule has 0 aromatic rings. The number of phosphoric acid groups is 1. The Morgan fingerprint density at radius 2 is 0.627 bits per heavy atom. The number of ether oxygens (including phenoxy) is 2. The van der Waals surface area contributed by atoms with E-state index in [0.29, 0.717) is 12.8 Å². The lowest BCUT2D eigenvalue weighted by Gasteiger charge is -2.19. The van der Waals surface area contributed by atoms with Gasteiger partial charge in [0.1, 0.15) is 6.61 Å². The summed E-state index contributed by atoms with van der Waals surface area (Å²) >= 11 is 0. The molecule has 9 nitrogen and oxygen atoms in total. The maximum absolute atomic E-state index is 12.7. The fourth-order valence-corrected chi connectivity index (χ4v) is 8.87. The molecule has 0 amide bonds. The van der Waals surface area contributed by atoms with Crippen LogP contribution in [0.3, 0.4) is 0 Å². The van der Waals surface area contributed by atoms with E-state index in [4.69, 9.17) is 24.3 Å². The van der Waals surface area contributed by atoms with Crippen LogP contribution in [0.1, 0.15) is 232 Å². The number of hydrogen-bond acceptors (Lipinski definition) is 8. The number of unbranched alkanes of at least 4 members (excludes halogenated alkanes) is 15. The van der Waals surface area contributed by atoms with Crippen molar-refractivity contribution >= 4 is 19.8 Å². The summed E-state index contributed by atoms with van der Waals surface area (Å²) in [5.74, 6) is -0.881. The summed E-state index contributed by atoms with van der Waals surface area (Å²) in [6.07, 6.45) is 99.6. The lowest BCUT2D eigenvalue weighted by Crippen LogP contribution is -2.29. The number of rotatable bonds is 58. The first-order chi connectivity index (χ1) is 40.8. The summed E-state index contributed by atoms with van der Waals surface area (Å²) in [4.78, 5) is 35.3. The van der Waals surface area contributed by atoms with Crippen molar-refractivity contribution in [1.29, 1.82) is 0 Å². The average molecular weight is 1170 g/mol. The van der Waals surface area contributed by atoms with Gasteiger partial charge in [-0.25, -0.2) is 4.57 Å². The largest absolute Gasteiger partial charge is 0.472 e. The molecule has 0 radical (unpaired) electrons. The van der Waals surface area contributed by atoms with Gasteiger partial charge in [-0.3, -0.25) is 18.6 Å². The zero-order chi connectivity index (χ0) is 60.1. The fraction of sp³-hybridized carbons (Fsp3) is 0.562. The SMILES string of the molecule is CC/C=C\C/C=C\C/C=C\C/C=C\C/C=C\C/C=C\C/C=C\C/C=C\C/C=C\CCCCCC(=O)OC(COC(=O)CCCCCCCCCCCCCC/C=C\C/C=C\C/C=C\C/C=C\C/C=C\C/C=C\CC)COP(=O)(O)OCCN. The van der Waals surface area contributed by atoms with Crippen molar-refractivity contribution in [1.82, 2.24) is 0 Å². The molecule has 0 aromatic carbocycles. The van der Waals surface area contributed by atoms with Gasteiger partial charge in [-0.15, -0.1) is 0 Å². The Hall–Kier alpha value is -4.89. The van der Waals surface area contributed by atoms with Crippen LogP contribution in [-0.4, -0.2) is 49.3 Å². The Labute approximate surface area is 507 Å². The minimum Gasteiger partial charge on any atom is -0.462 e. The van der Waals surface area contributed by atoms with Gasteiger partial charge >= 0.3 is 19.8 Å². The van der Waals surface area contributed by atoms with E-state index in [1.807, 2.05) is 0 Å². The van der Waals surface area contributed by atoms with Gasteiger partial charge in [0, 0.05) is 19.4 Å². The van der Waals surface area contributed by atoms with Crippen LogP contribution < -0.4 is 5.73 Å². The van der Waals surface area contributed by atoms with Crippen molar-refractivity contribution in [2.45, 2.75) is 238 Å². The lowest BCUT2D eigenvalue weighted by atomic mass is 10.0. The van der Waals surface area contributed by atoms with Gasteiger partial charge in [-0.05, 0) is 135 Å². The molecule has 2 atom stereocenters. The molecule has 0 rings (SSSR count). The van der Waals surface area contributed by atoms with Crippen LogP contribution in [0.5, 0.6) is 0 Å². The predicted molar refractivity (Wildman–Crippen MR) is 357 cm³/mol. The highest BCUT2D eigenvalue weighted by molar-refractivity contribution is 7.47. The highest BCUT2D eigenvalue weighted by atomic mass is 31.2. The number of esters is 2. The van der Waals surface area contributed by atoms with E-state index in [1.54, 1.807) is 0 Å². The first-order valence-electron chi connectivity index (χ1n) is 32.3. The summed E-state index contributed by atoms with van der Waals surface area (Å²) in [7, 11) is -4.42. The highest BCUT2D eigenvalue weighted by Gasteiger charge is 2.26. The molecule has 0 aliphatic rings. The van der Waals surface area contributed by atoms with E-state index in [0.717, 1.165) is 135 Å². The van der Waals surface area contributed by atoms with Crippen LogP contribution in [0, 0.1) is 0 Å². The molecule has 10 heteroatoms. The third kappa shape index (κ3) is 66.1. The Balaban J connectivity index is 4.07. The smallest absolute Gasteiger partial charge is 0.462 e. The molecule has 0 aliphatic heterocycles. The van der Waals surface area contributed by atoms with Gasteiger partial charge in [0.05, 0.1) is 13.2 Å². The molecular formula is C73H116NO8P. The van der Waals surface area contributed by atoms with Gasteiger partial charge in [0.2, 0.25) is 0 Å². The summed E-state index contributed by atoms with van der Waals surface area (Å²) in [6.45, 7) is 3.45. The molecule has 466 valence electrons. The van der Waals surface area contributed by atoms with Crippen molar-refractivity contribution in [3.8, 4) is 0 Å². The van der Waals surface area contributed by atoms with Crippen molar-refractivity contribution in [2.75, 3.05) is 26.4 Å². The zero-order valence-electron chi connectivity index (χ0n) is 52.1. The summed E-state index contributed by atoms with van der Waals surface area (Å²) in [5.41, 5.74) is 5.39. The number of carbonyl (C=O) groups is 2. The molecule has 0 aliphatic carbocycles. The van der Waals surface area contributed by atoms with E-state index in [-0.39, 0.29) is 32.6 Å². The van der Waals surface area contributed by atoms with Crippen molar-refractivity contribution in [3.63, 3.8) is 0 Å². The summed E-state index contributed by atoms with van der Waals surface area (Å²) in [5, 5.41) is 0. The molecule has 83 heavy (non-hydrogen) atoms. The second kappa shape index (κ2) is 66.3. The maximum Gasteiger partial charge on any atom is 0.472 e. The molecule has 0 bridgehead atoms. The maximum atomic E-state index is 12.7. The van der Waals surface area contributed by atoms with E-state index >= 15 is 0 Å². The average Bonchev–Trinajstić information content (AvgIpc) is 3.48. The van der Waals surface area contributed by atoms with Gasteiger partial charge in [0.25, 0.3) is 0 Å². The molecular weight excluding hydrogens is 1050 g/mol. The topological polar surface area (TPSA) is 134 Å². The molecule has 0 saturated heterocycles. The first kappa shape index (κ1) is 78.1. The molecule has 0 heterocycles. The minimum atomic E-state index is -4.42. The van der Waals surface area contributed by atoms with Crippen LogP contribution in [0.2, 0.25) is 0 Å². The normalized spacial score (nSPS) is 14.2. The molecule has 0 spiro atoms. The van der Waals surface area contributed by atoms with Crippen molar-refractivity contribution < 1.29 is 37.6 Å². The van der Waals surface area contributed by atoms with E-state index < -0.39 is 32.5 Å². The standard InChI is InChI=1S/C73H116NO8P/c1-3-5-7-9-11-13-15-17-19-21-23-25-27-29-31-33-35-37-39-41-43-45-47-49-51-53-55-57-59-61-63-65-72(75)79-69-71(70-81-83(77,78)80-68-67-74)82-73(76)66-64-62-60-58-56-54-52-50-48-46-44-42-40-38-36-34-32-30-28-26-24-22-20-18-16-14-12-10-8-6-4-2/h5-8,11-14,17-20,23-26,29-32,35-38,42,44,48,50,54,56,71H,3-4,9-10,15-16,21-22,27-28,33-34,39-41,43,45-47,49,51-53,55,57-70,74H2,1-2H3,(H,77,78)/b7-5-,8-6-,13-11-,14-12-,19-17-,20-18-,25-23-,26-24-,31-29-,32-30-,37-35-,38-36-,44-42-,50-48-,56-54-. The van der Waals surface area contributed by atoms with E-state index in [9.17, 15) is 19.0 Å². The Bertz CT molecular complexity index is 2010. The predicted octanol–water partition coefficient (Wildman–Crippen LogP) is 21.2.